The van der Waals surface area contributed by atoms with Gasteiger partial charge in [0, 0.05) is 5.69 Å². The van der Waals surface area contributed by atoms with Crippen molar-refractivity contribution in [2.24, 2.45) is 0 Å². The molecule has 0 aliphatic rings. The second-order valence-corrected chi connectivity index (χ2v) is 8.61. The fourth-order valence-corrected chi connectivity index (χ4v) is 4.07. The van der Waals surface area contributed by atoms with Gasteiger partial charge in [-0.05, 0) is 67.6 Å². The van der Waals surface area contributed by atoms with Gasteiger partial charge in [0.05, 0.1) is 28.1 Å². The summed E-state index contributed by atoms with van der Waals surface area (Å²) in [5, 5.41) is 12.1. The van der Waals surface area contributed by atoms with Crippen LogP contribution in [-0.4, -0.2) is 36.1 Å². The van der Waals surface area contributed by atoms with Crippen molar-refractivity contribution in [1.29, 1.82) is 0 Å². The Morgan fingerprint density at radius 3 is 2.09 bits per heavy atom. The predicted molar refractivity (Wildman–Crippen MR) is 125 cm³/mol. The number of nitrogens with zero attached hydrogens (tertiary/aromatic N) is 2. The molecule has 0 bridgehead atoms. The van der Waals surface area contributed by atoms with Crippen LogP contribution >= 0.6 is 0 Å². The van der Waals surface area contributed by atoms with Crippen molar-refractivity contribution in [1.82, 2.24) is 9.97 Å². The first kappa shape index (κ1) is 22.0. The molecule has 1 heterocycles. The number of aromatic nitrogens is 2. The normalized spacial score (nSPS) is 11.2. The van der Waals surface area contributed by atoms with E-state index in [2.05, 4.69) is 20.0 Å². The minimum Gasteiger partial charge on any atom is -0.494 e. The van der Waals surface area contributed by atoms with E-state index < -0.39 is 16.0 Å². The Labute approximate surface area is 190 Å². The van der Waals surface area contributed by atoms with Crippen LogP contribution in [0.5, 0.6) is 5.75 Å². The second-order valence-electron chi connectivity index (χ2n) is 6.93. The minimum atomic E-state index is -3.97. The van der Waals surface area contributed by atoms with Crippen molar-refractivity contribution < 1.29 is 23.1 Å². The Kier molecular flexibility index (Phi) is 6.09. The lowest BCUT2D eigenvalue weighted by Gasteiger charge is -2.14. The first-order valence-electron chi connectivity index (χ1n) is 9.98. The molecule has 0 aliphatic heterocycles. The van der Waals surface area contributed by atoms with Crippen LogP contribution in [0, 0.1) is 0 Å². The summed E-state index contributed by atoms with van der Waals surface area (Å²) < 4.78 is 33.9. The summed E-state index contributed by atoms with van der Waals surface area (Å²) in [4.78, 5) is 20.1. The number of carboxylic acid groups (broad SMARTS) is 1. The number of hydrogen-bond acceptors (Lipinski definition) is 7. The highest BCUT2D eigenvalue weighted by Gasteiger charge is 2.19. The van der Waals surface area contributed by atoms with Gasteiger partial charge in [0.15, 0.2) is 11.6 Å². The zero-order valence-corrected chi connectivity index (χ0v) is 18.3. The largest absolute Gasteiger partial charge is 0.494 e. The summed E-state index contributed by atoms with van der Waals surface area (Å²) in [6, 6.07) is 19.1. The van der Waals surface area contributed by atoms with Crippen LogP contribution < -0.4 is 14.8 Å². The van der Waals surface area contributed by atoms with Crippen LogP contribution in [0.15, 0.2) is 77.7 Å². The van der Waals surface area contributed by atoms with Crippen molar-refractivity contribution in [3.8, 4) is 5.75 Å². The highest BCUT2D eigenvalue weighted by molar-refractivity contribution is 7.92. The van der Waals surface area contributed by atoms with Gasteiger partial charge in [-0.25, -0.2) is 23.2 Å². The third kappa shape index (κ3) is 5.01. The molecule has 4 aromatic rings. The summed E-state index contributed by atoms with van der Waals surface area (Å²) >= 11 is 0. The lowest BCUT2D eigenvalue weighted by molar-refractivity contribution is 0.0697. The van der Waals surface area contributed by atoms with Crippen LogP contribution in [0.3, 0.4) is 0 Å². The average molecular weight is 465 g/mol. The third-order valence-corrected chi connectivity index (χ3v) is 6.00. The quantitative estimate of drug-likeness (QED) is 0.352. The highest BCUT2D eigenvalue weighted by atomic mass is 32.2. The van der Waals surface area contributed by atoms with Gasteiger partial charge in [-0.1, -0.05) is 12.1 Å². The number of carboxylic acids is 1. The number of carbonyl (C=O) groups is 1. The van der Waals surface area contributed by atoms with Gasteiger partial charge < -0.3 is 15.2 Å². The van der Waals surface area contributed by atoms with Crippen LogP contribution in [-0.2, 0) is 10.0 Å². The molecule has 0 unspecified atom stereocenters. The summed E-state index contributed by atoms with van der Waals surface area (Å²) in [5.74, 6) is -0.304. The second kappa shape index (κ2) is 9.13. The number of benzene rings is 3. The number of nitrogens with one attached hydrogen (secondary N) is 2. The maximum atomic E-state index is 13.0. The van der Waals surface area contributed by atoms with Gasteiger partial charge in [0.25, 0.3) is 10.0 Å². The van der Waals surface area contributed by atoms with E-state index in [1.165, 1.54) is 24.3 Å². The summed E-state index contributed by atoms with van der Waals surface area (Å²) in [6.07, 6.45) is 0. The van der Waals surface area contributed by atoms with Gasteiger partial charge in [-0.15, -0.1) is 0 Å². The van der Waals surface area contributed by atoms with E-state index in [1.807, 2.05) is 6.92 Å². The fraction of sp³-hybridized carbons (Fsp3) is 0.0870. The number of fused-ring (bicyclic) bond motifs is 1. The van der Waals surface area contributed by atoms with Crippen LogP contribution in [0.25, 0.3) is 11.0 Å². The topological polar surface area (TPSA) is 131 Å². The number of sulfonamides is 1. The van der Waals surface area contributed by atoms with Crippen LogP contribution in [0.1, 0.15) is 17.3 Å². The van der Waals surface area contributed by atoms with Gasteiger partial charge in [0.1, 0.15) is 5.75 Å². The number of ether oxygens (including phenoxy) is 1. The highest BCUT2D eigenvalue weighted by Crippen LogP contribution is 2.27. The molecule has 10 heteroatoms. The molecule has 1 aromatic heterocycles. The molecule has 0 atom stereocenters. The third-order valence-electron chi connectivity index (χ3n) is 4.64. The smallest absolute Gasteiger partial charge is 0.335 e. The maximum absolute atomic E-state index is 13.0. The lowest BCUT2D eigenvalue weighted by atomic mass is 10.2. The fourth-order valence-electron chi connectivity index (χ4n) is 3.06. The Bertz CT molecular complexity index is 1410. The van der Waals surface area contributed by atoms with Gasteiger partial charge >= 0.3 is 5.97 Å². The van der Waals surface area contributed by atoms with Crippen molar-refractivity contribution in [2.45, 2.75) is 11.8 Å². The molecule has 0 saturated heterocycles. The van der Waals surface area contributed by atoms with E-state index in [4.69, 9.17) is 9.84 Å². The monoisotopic (exact) mass is 464 g/mol. The summed E-state index contributed by atoms with van der Waals surface area (Å²) in [5.41, 5.74) is 1.72. The Morgan fingerprint density at radius 2 is 1.52 bits per heavy atom. The van der Waals surface area contributed by atoms with Crippen molar-refractivity contribution in [3.63, 3.8) is 0 Å². The van der Waals surface area contributed by atoms with Crippen molar-refractivity contribution >= 4 is 44.3 Å². The van der Waals surface area contributed by atoms with Crippen molar-refractivity contribution in [2.75, 3.05) is 16.6 Å². The summed E-state index contributed by atoms with van der Waals surface area (Å²) in [6.45, 7) is 2.31. The number of anilines is 3. The van der Waals surface area contributed by atoms with Gasteiger partial charge in [-0.3, -0.25) is 4.72 Å². The Morgan fingerprint density at radius 1 is 0.909 bits per heavy atom. The Balaban J connectivity index is 1.70. The molecule has 0 saturated carbocycles. The van der Waals surface area contributed by atoms with E-state index in [1.54, 1.807) is 48.5 Å². The number of rotatable bonds is 8. The number of hydrogen-bond donors (Lipinski definition) is 3. The SMILES string of the molecule is CCOc1ccc(S(=O)(=O)Nc2nc3ccccc3nc2Nc2ccc(C(=O)O)cc2)cc1. The number of para-hydroxylation sites is 2. The molecule has 0 spiro atoms. The molecule has 0 aliphatic carbocycles. The van der Waals surface area contributed by atoms with Crippen molar-refractivity contribution in [3.05, 3.63) is 78.4 Å². The van der Waals surface area contributed by atoms with Crippen LogP contribution in [0.4, 0.5) is 17.3 Å². The standard InChI is InChI=1S/C23H20N4O5S/c1-2-32-17-11-13-18(14-12-17)33(30,31)27-22-21(25-19-5-3-4-6-20(19)26-22)24-16-9-7-15(8-10-16)23(28)29/h3-14H,2H2,1H3,(H,24,25)(H,26,27)(H,28,29). The zero-order valence-electron chi connectivity index (χ0n) is 17.5. The molecule has 3 N–H and O–H groups in total. The molecule has 33 heavy (non-hydrogen) atoms. The minimum absolute atomic E-state index is 0.00453. The number of aromatic carboxylic acids is 1. The first-order chi connectivity index (χ1) is 15.9. The van der Waals surface area contributed by atoms with Gasteiger partial charge in [0.2, 0.25) is 0 Å². The zero-order chi connectivity index (χ0) is 23.4. The Hall–Kier alpha value is -4.18. The lowest BCUT2D eigenvalue weighted by Crippen LogP contribution is -2.16. The molecule has 168 valence electrons. The summed E-state index contributed by atoms with van der Waals surface area (Å²) in [7, 11) is -3.97. The molecular formula is C23H20N4O5S. The molecule has 3 aromatic carbocycles. The van der Waals surface area contributed by atoms with E-state index in [9.17, 15) is 13.2 Å². The van der Waals surface area contributed by atoms with E-state index >= 15 is 0 Å². The van der Waals surface area contributed by atoms with E-state index in [-0.39, 0.29) is 22.1 Å². The molecule has 4 rings (SSSR count). The van der Waals surface area contributed by atoms with Crippen LogP contribution in [0.2, 0.25) is 0 Å². The molecule has 9 nitrogen and oxygen atoms in total. The van der Waals surface area contributed by atoms with E-state index in [0.717, 1.165) is 0 Å². The molecule has 0 fully saturated rings. The van der Waals surface area contributed by atoms with Gasteiger partial charge in [-0.2, -0.15) is 0 Å². The molecular weight excluding hydrogens is 444 g/mol. The first-order valence-corrected chi connectivity index (χ1v) is 11.5. The predicted octanol–water partition coefficient (Wildman–Crippen LogP) is 4.27. The molecule has 0 amide bonds. The maximum Gasteiger partial charge on any atom is 0.335 e. The average Bonchev–Trinajstić information content (AvgIpc) is 2.80. The van der Waals surface area contributed by atoms with E-state index in [0.29, 0.717) is 29.1 Å². The molecule has 0 radical (unpaired) electrons.